The molecule has 0 rings (SSSR count). The molecule has 0 amide bonds. The summed E-state index contributed by atoms with van der Waals surface area (Å²) in [6, 6.07) is 0. The number of aliphatic hydroxyl groups is 2. The molecule has 0 aliphatic rings. The Hall–Kier alpha value is -0.980. The van der Waals surface area contributed by atoms with Crippen molar-refractivity contribution in [3.8, 4) is 0 Å². The lowest BCUT2D eigenvalue weighted by atomic mass is 10.2. The summed E-state index contributed by atoms with van der Waals surface area (Å²) in [5.74, 6) is -0.993. The maximum atomic E-state index is 10.1. The first-order valence-electron chi connectivity index (χ1n) is 5.16. The number of aliphatic carboxylic acids is 1. The van der Waals surface area contributed by atoms with Gasteiger partial charge in [0.25, 0.3) is 0 Å². The quantitative estimate of drug-likeness (QED) is 0.601. The Kier molecular flexibility index (Phi) is 25.6. The van der Waals surface area contributed by atoms with Crippen molar-refractivity contribution in [2.45, 2.75) is 59.7 Å². The zero-order valence-corrected chi connectivity index (χ0v) is 11.4. The first-order valence-corrected chi connectivity index (χ1v) is 5.16. The molecule has 6 nitrogen and oxygen atoms in total. The summed E-state index contributed by atoms with van der Waals surface area (Å²) < 4.78 is 0. The molecule has 0 heterocycles. The van der Waals surface area contributed by atoms with E-state index < -0.39 is 5.97 Å². The van der Waals surface area contributed by atoms with E-state index in [9.17, 15) is 9.59 Å². The van der Waals surface area contributed by atoms with Crippen molar-refractivity contribution in [2.75, 3.05) is 0 Å². The van der Waals surface area contributed by atoms with E-state index in [1.165, 1.54) is 6.92 Å². The molecule has 0 aromatic carbocycles. The molecule has 6 heteroatoms. The smallest absolute Gasteiger partial charge is 0.303 e. The Bertz CT molecular complexity index is 155. The number of aliphatic hydroxyl groups excluding tert-OH is 2. The molecule has 0 radical (unpaired) electrons. The van der Waals surface area contributed by atoms with Crippen molar-refractivity contribution < 1.29 is 24.9 Å². The Labute approximate surface area is 103 Å². The summed E-state index contributed by atoms with van der Waals surface area (Å²) >= 11 is 0. The molecular formula is C11H27NO5. The highest BCUT2D eigenvalue weighted by Gasteiger charge is 1.97. The van der Waals surface area contributed by atoms with E-state index in [0.717, 1.165) is 0 Å². The van der Waals surface area contributed by atoms with Gasteiger partial charge in [0.1, 0.15) is 5.78 Å². The molecule has 0 bridgehead atoms. The Morgan fingerprint density at radius 3 is 1.24 bits per heavy atom. The largest absolute Gasteiger partial charge is 0.481 e. The number of carbonyl (C=O) groups excluding carboxylic acids is 1. The molecule has 0 spiro atoms. The maximum Gasteiger partial charge on any atom is 0.303 e. The number of Topliss-reactive ketones (excluding diaryl/α,β-unsaturated/α-hetero) is 1. The minimum Gasteiger partial charge on any atom is -0.481 e. The van der Waals surface area contributed by atoms with E-state index in [1.54, 1.807) is 27.7 Å². The molecule has 17 heavy (non-hydrogen) atoms. The van der Waals surface area contributed by atoms with Crippen LogP contribution >= 0.6 is 0 Å². The number of carboxylic acid groups (broad SMARTS) is 1. The van der Waals surface area contributed by atoms with Crippen LogP contribution in [0.1, 0.15) is 47.5 Å². The van der Waals surface area contributed by atoms with Crippen molar-refractivity contribution in [2.24, 2.45) is 0 Å². The van der Waals surface area contributed by atoms with Gasteiger partial charge in [0.05, 0.1) is 6.42 Å². The standard InChI is InChI=1S/C5H8O3.2C3H8O.H3N/c1-4(6)2-3-5(7)8;2*1-3(2)4;/h2-3H2,1H3,(H,7,8);2*3-4H,1-2H3;1H3. The van der Waals surface area contributed by atoms with Gasteiger partial charge in [-0.1, -0.05) is 0 Å². The fourth-order valence-corrected chi connectivity index (χ4v) is 0.283. The maximum absolute atomic E-state index is 10.1. The monoisotopic (exact) mass is 253 g/mol. The van der Waals surface area contributed by atoms with Crippen LogP contribution in [0.15, 0.2) is 0 Å². The molecule has 0 aromatic rings. The SMILES string of the molecule is CC(=O)CCC(=O)O.CC(C)O.CC(C)O.N. The van der Waals surface area contributed by atoms with Crippen LogP contribution in [0.5, 0.6) is 0 Å². The van der Waals surface area contributed by atoms with E-state index in [2.05, 4.69) is 0 Å². The van der Waals surface area contributed by atoms with E-state index in [-0.39, 0.29) is 37.0 Å². The molecular weight excluding hydrogens is 226 g/mol. The van der Waals surface area contributed by atoms with E-state index >= 15 is 0 Å². The fraction of sp³-hybridized carbons (Fsp3) is 0.818. The second-order valence-electron chi connectivity index (χ2n) is 3.78. The molecule has 0 atom stereocenters. The second kappa shape index (κ2) is 17.4. The van der Waals surface area contributed by atoms with Gasteiger partial charge in [-0.3, -0.25) is 4.79 Å². The second-order valence-corrected chi connectivity index (χ2v) is 3.78. The molecule has 0 aliphatic carbocycles. The van der Waals surface area contributed by atoms with Gasteiger partial charge in [-0.05, 0) is 34.6 Å². The summed E-state index contributed by atoms with van der Waals surface area (Å²) in [5, 5.41) is 24.1. The molecule has 6 N–H and O–H groups in total. The highest BCUT2D eigenvalue weighted by molar-refractivity contribution is 5.80. The Morgan fingerprint density at radius 2 is 1.18 bits per heavy atom. The molecule has 0 saturated heterocycles. The summed E-state index contributed by atoms with van der Waals surface area (Å²) in [4.78, 5) is 19.8. The average Bonchev–Trinajstić information content (AvgIpc) is 1.98. The van der Waals surface area contributed by atoms with Crippen molar-refractivity contribution in [3.63, 3.8) is 0 Å². The Balaban J connectivity index is -0.0000000806. The fourth-order valence-electron chi connectivity index (χ4n) is 0.283. The van der Waals surface area contributed by atoms with Crippen LogP contribution in [0, 0.1) is 0 Å². The van der Waals surface area contributed by atoms with Gasteiger partial charge < -0.3 is 26.3 Å². The summed E-state index contributed by atoms with van der Waals surface area (Å²) in [7, 11) is 0. The minimum absolute atomic E-state index is 0. The van der Waals surface area contributed by atoms with Crippen LogP contribution in [0.3, 0.4) is 0 Å². The molecule has 0 unspecified atom stereocenters. The van der Waals surface area contributed by atoms with Gasteiger partial charge in [-0.25, -0.2) is 0 Å². The van der Waals surface area contributed by atoms with Crippen molar-refractivity contribution >= 4 is 11.8 Å². The van der Waals surface area contributed by atoms with Gasteiger partial charge in [0.15, 0.2) is 0 Å². The van der Waals surface area contributed by atoms with Gasteiger partial charge in [-0.15, -0.1) is 0 Å². The molecule has 0 aliphatic heterocycles. The van der Waals surface area contributed by atoms with Crippen LogP contribution < -0.4 is 6.15 Å². The zero-order valence-electron chi connectivity index (χ0n) is 11.4. The first kappa shape index (κ1) is 25.0. The number of rotatable bonds is 3. The van der Waals surface area contributed by atoms with Gasteiger partial charge >= 0.3 is 5.97 Å². The average molecular weight is 253 g/mol. The van der Waals surface area contributed by atoms with Crippen LogP contribution in [0.25, 0.3) is 0 Å². The zero-order chi connectivity index (χ0) is 13.7. The molecule has 0 saturated carbocycles. The van der Waals surface area contributed by atoms with Crippen LogP contribution in [0.2, 0.25) is 0 Å². The van der Waals surface area contributed by atoms with Crippen LogP contribution in [-0.2, 0) is 9.59 Å². The van der Waals surface area contributed by atoms with Crippen LogP contribution in [-0.4, -0.2) is 39.3 Å². The van der Waals surface area contributed by atoms with Gasteiger partial charge in [0, 0.05) is 18.6 Å². The number of carbonyl (C=O) groups is 2. The topological polar surface area (TPSA) is 130 Å². The third kappa shape index (κ3) is 158. The molecule has 0 fully saturated rings. The summed E-state index contributed by atoms with van der Waals surface area (Å²) in [6.45, 7) is 8.27. The number of hydrogen-bond donors (Lipinski definition) is 4. The number of ketones is 1. The van der Waals surface area contributed by atoms with E-state index in [0.29, 0.717) is 0 Å². The molecule has 106 valence electrons. The van der Waals surface area contributed by atoms with E-state index in [4.69, 9.17) is 15.3 Å². The minimum atomic E-state index is -0.916. The van der Waals surface area contributed by atoms with E-state index in [1.807, 2.05) is 0 Å². The number of hydrogen-bond acceptors (Lipinski definition) is 5. The van der Waals surface area contributed by atoms with Crippen molar-refractivity contribution in [1.82, 2.24) is 6.15 Å². The normalized spacial score (nSPS) is 8.29. The lowest BCUT2D eigenvalue weighted by Gasteiger charge is -1.86. The highest BCUT2D eigenvalue weighted by Crippen LogP contribution is 1.87. The third-order valence-corrected chi connectivity index (χ3v) is 0.691. The van der Waals surface area contributed by atoms with Crippen LogP contribution in [0.4, 0.5) is 0 Å². The predicted octanol–water partition coefficient (Wildman–Crippen LogP) is 1.38. The van der Waals surface area contributed by atoms with Crippen molar-refractivity contribution in [3.05, 3.63) is 0 Å². The molecule has 0 aromatic heterocycles. The summed E-state index contributed by atoms with van der Waals surface area (Å²) in [5.41, 5.74) is 0. The Morgan fingerprint density at radius 1 is 0.941 bits per heavy atom. The lowest BCUT2D eigenvalue weighted by molar-refractivity contribution is -0.138. The van der Waals surface area contributed by atoms with Gasteiger partial charge in [0.2, 0.25) is 0 Å². The highest BCUT2D eigenvalue weighted by atomic mass is 16.4. The predicted molar refractivity (Wildman–Crippen MR) is 67.3 cm³/mol. The van der Waals surface area contributed by atoms with Gasteiger partial charge in [-0.2, -0.15) is 0 Å². The lowest BCUT2D eigenvalue weighted by Crippen LogP contribution is -1.98. The first-order chi connectivity index (χ1) is 7.09. The summed E-state index contributed by atoms with van der Waals surface area (Å²) in [6.07, 6.45) is -0.231. The number of carboxylic acids is 1. The third-order valence-electron chi connectivity index (χ3n) is 0.691. The van der Waals surface area contributed by atoms with Crippen molar-refractivity contribution in [1.29, 1.82) is 0 Å².